The highest BCUT2D eigenvalue weighted by Gasteiger charge is 2.28. The van der Waals surface area contributed by atoms with Gasteiger partial charge in [0.1, 0.15) is 11.5 Å². The Morgan fingerprint density at radius 2 is 2.11 bits per heavy atom. The molecule has 2 aliphatic rings. The van der Waals surface area contributed by atoms with E-state index in [-0.39, 0.29) is 23.4 Å². The number of fused-ring (bicyclic) bond motifs is 2. The highest BCUT2D eigenvalue weighted by Crippen LogP contribution is 2.32. The third-order valence-corrected chi connectivity index (χ3v) is 7.09. The number of amides is 1. The van der Waals surface area contributed by atoms with Crippen LogP contribution in [0.2, 0.25) is 0 Å². The highest BCUT2D eigenvalue weighted by atomic mass is 32.2. The summed E-state index contributed by atoms with van der Waals surface area (Å²) in [6, 6.07) is 11.6. The van der Waals surface area contributed by atoms with E-state index in [0.717, 1.165) is 18.5 Å². The molecule has 3 heterocycles. The third-order valence-electron chi connectivity index (χ3n) is 6.17. The van der Waals surface area contributed by atoms with Gasteiger partial charge in [-0.25, -0.2) is 0 Å². The standard InChI is InChI=1S/C24H25N5O5S/c1-14-10-18(17-11-16(30)7-8-19(17)26-14)24(31)29-9-3-4-15(12-29)13-34-21-6-2-5-20-22(21)23(25)28-35(32,33)27-20/h2,5-8,10-11,15,27,30H,3-4,9,12-13H2,1H3,(H2,25,28)/t15-/m0/s1. The van der Waals surface area contributed by atoms with Gasteiger partial charge in [-0.05, 0) is 56.2 Å². The number of hydrogen-bond acceptors (Lipinski definition) is 7. The predicted octanol–water partition coefficient (Wildman–Crippen LogP) is 2.56. The monoisotopic (exact) mass is 495 g/mol. The van der Waals surface area contributed by atoms with Gasteiger partial charge >= 0.3 is 10.2 Å². The van der Waals surface area contributed by atoms with Gasteiger partial charge in [-0.15, -0.1) is 4.40 Å². The number of aryl methyl sites for hydroxylation is 1. The Morgan fingerprint density at radius 1 is 1.29 bits per heavy atom. The lowest BCUT2D eigenvalue weighted by Gasteiger charge is -2.33. The molecule has 3 aromatic rings. The predicted molar refractivity (Wildman–Crippen MR) is 132 cm³/mol. The van der Waals surface area contributed by atoms with Crippen LogP contribution in [0.5, 0.6) is 11.5 Å². The number of nitrogens with two attached hydrogens (primary N) is 1. The van der Waals surface area contributed by atoms with Crippen molar-refractivity contribution in [1.29, 1.82) is 0 Å². The van der Waals surface area contributed by atoms with Crippen LogP contribution >= 0.6 is 0 Å². The number of carbonyl (C=O) groups excluding carboxylic acids is 1. The second-order valence-corrected chi connectivity index (χ2v) is 10.2. The molecule has 0 bridgehead atoms. The number of aromatic nitrogens is 1. The van der Waals surface area contributed by atoms with Crippen molar-refractivity contribution in [3.63, 3.8) is 0 Å². The molecule has 0 saturated carbocycles. The fourth-order valence-electron chi connectivity index (χ4n) is 4.62. The number of anilines is 1. The first-order chi connectivity index (χ1) is 16.7. The summed E-state index contributed by atoms with van der Waals surface area (Å²) < 4.78 is 35.5. The Labute approximate surface area is 202 Å². The van der Waals surface area contributed by atoms with Crippen molar-refractivity contribution in [3.05, 3.63) is 59.3 Å². The lowest BCUT2D eigenvalue weighted by molar-refractivity contribution is 0.0635. The number of hydrogen-bond donors (Lipinski definition) is 3. The number of aromatic hydroxyl groups is 1. The van der Waals surface area contributed by atoms with E-state index in [9.17, 15) is 18.3 Å². The molecule has 35 heavy (non-hydrogen) atoms. The summed E-state index contributed by atoms with van der Waals surface area (Å²) in [7, 11) is -3.87. The zero-order chi connectivity index (χ0) is 24.7. The molecule has 1 saturated heterocycles. The van der Waals surface area contributed by atoms with Crippen molar-refractivity contribution in [3.8, 4) is 11.5 Å². The average molecular weight is 496 g/mol. The topological polar surface area (TPSA) is 147 Å². The molecule has 1 aromatic heterocycles. The Hall–Kier alpha value is -3.86. The molecule has 1 fully saturated rings. The summed E-state index contributed by atoms with van der Waals surface area (Å²) in [5.74, 6) is 0.348. The van der Waals surface area contributed by atoms with E-state index in [4.69, 9.17) is 10.5 Å². The zero-order valence-corrected chi connectivity index (χ0v) is 19.9. The molecule has 0 spiro atoms. The number of rotatable bonds is 4. The molecule has 0 unspecified atom stereocenters. The number of ether oxygens (including phenoxy) is 1. The van der Waals surface area contributed by atoms with E-state index in [2.05, 4.69) is 14.1 Å². The maximum Gasteiger partial charge on any atom is 0.344 e. The number of benzene rings is 2. The molecule has 0 aliphatic carbocycles. The van der Waals surface area contributed by atoms with Crippen molar-refractivity contribution in [1.82, 2.24) is 9.88 Å². The number of phenolic OH excluding ortho intramolecular Hbond substituents is 1. The lowest BCUT2D eigenvalue weighted by Crippen LogP contribution is -2.41. The minimum absolute atomic E-state index is 0.0737. The Morgan fingerprint density at radius 3 is 2.94 bits per heavy atom. The minimum Gasteiger partial charge on any atom is -0.508 e. The van der Waals surface area contributed by atoms with Crippen LogP contribution in [-0.4, -0.2) is 54.8 Å². The number of amidine groups is 1. The smallest absolute Gasteiger partial charge is 0.344 e. The van der Waals surface area contributed by atoms with Crippen LogP contribution in [0, 0.1) is 12.8 Å². The van der Waals surface area contributed by atoms with Crippen LogP contribution < -0.4 is 15.2 Å². The van der Waals surface area contributed by atoms with Crippen LogP contribution in [0.15, 0.2) is 46.9 Å². The van der Waals surface area contributed by atoms with E-state index in [0.29, 0.717) is 53.2 Å². The quantitative estimate of drug-likeness (QED) is 0.504. The third kappa shape index (κ3) is 4.59. The Kier molecular flexibility index (Phi) is 5.72. The second kappa shape index (κ2) is 8.73. The van der Waals surface area contributed by atoms with Crippen LogP contribution in [0.3, 0.4) is 0 Å². The maximum absolute atomic E-state index is 13.5. The van der Waals surface area contributed by atoms with Crippen molar-refractivity contribution >= 4 is 38.5 Å². The van der Waals surface area contributed by atoms with Crippen LogP contribution in [-0.2, 0) is 10.2 Å². The van der Waals surface area contributed by atoms with E-state index in [1.807, 2.05) is 6.92 Å². The molecular formula is C24H25N5O5S. The first kappa shape index (κ1) is 22.9. The summed E-state index contributed by atoms with van der Waals surface area (Å²) in [5.41, 5.74) is 8.53. The number of pyridine rings is 1. The number of piperidine rings is 1. The van der Waals surface area contributed by atoms with Gasteiger partial charge in [-0.2, -0.15) is 8.42 Å². The zero-order valence-electron chi connectivity index (χ0n) is 19.1. The largest absolute Gasteiger partial charge is 0.508 e. The molecule has 2 aromatic carbocycles. The Balaban J connectivity index is 1.33. The fourth-order valence-corrected chi connectivity index (χ4v) is 5.47. The fraction of sp³-hybridized carbons (Fsp3) is 0.292. The number of likely N-dealkylation sites (tertiary alicyclic amines) is 1. The van der Waals surface area contributed by atoms with Gasteiger partial charge in [0.2, 0.25) is 0 Å². The van der Waals surface area contributed by atoms with Crippen molar-refractivity contribution in [2.75, 3.05) is 24.4 Å². The van der Waals surface area contributed by atoms with Crippen molar-refractivity contribution < 1.29 is 23.1 Å². The van der Waals surface area contributed by atoms with Gasteiger partial charge in [0.05, 0.1) is 28.9 Å². The van der Waals surface area contributed by atoms with E-state index >= 15 is 0 Å². The van der Waals surface area contributed by atoms with Gasteiger partial charge in [0, 0.05) is 30.1 Å². The molecule has 2 aliphatic heterocycles. The highest BCUT2D eigenvalue weighted by molar-refractivity contribution is 7.91. The molecule has 0 radical (unpaired) electrons. The van der Waals surface area contributed by atoms with Gasteiger partial charge < -0.3 is 20.5 Å². The lowest BCUT2D eigenvalue weighted by atomic mass is 9.97. The van der Waals surface area contributed by atoms with Crippen LogP contribution in [0.25, 0.3) is 10.9 Å². The summed E-state index contributed by atoms with van der Waals surface area (Å²) in [5, 5.41) is 10.6. The molecule has 1 atom stereocenters. The average Bonchev–Trinajstić information content (AvgIpc) is 2.81. The summed E-state index contributed by atoms with van der Waals surface area (Å²) >= 11 is 0. The van der Waals surface area contributed by atoms with Crippen LogP contribution in [0.4, 0.5) is 5.69 Å². The molecule has 1 amide bonds. The summed E-state index contributed by atoms with van der Waals surface area (Å²) in [6.07, 6.45) is 1.70. The second-order valence-electron chi connectivity index (χ2n) is 8.82. The SMILES string of the molecule is Cc1cc(C(=O)N2CCC[C@H](COc3cccc4c3C(N)=NS(=O)(=O)N4)C2)c2cc(O)ccc2n1. The molecule has 10 nitrogen and oxygen atoms in total. The van der Waals surface area contributed by atoms with Crippen molar-refractivity contribution in [2.24, 2.45) is 16.0 Å². The van der Waals surface area contributed by atoms with Crippen LogP contribution in [0.1, 0.15) is 34.5 Å². The first-order valence-electron chi connectivity index (χ1n) is 11.2. The number of carbonyl (C=O) groups is 1. The van der Waals surface area contributed by atoms with Gasteiger partial charge in [0.25, 0.3) is 5.91 Å². The number of phenols is 1. The molecule has 182 valence electrons. The van der Waals surface area contributed by atoms with Gasteiger partial charge in [-0.3, -0.25) is 14.5 Å². The van der Waals surface area contributed by atoms with Crippen molar-refractivity contribution in [2.45, 2.75) is 19.8 Å². The summed E-state index contributed by atoms with van der Waals surface area (Å²) in [6.45, 7) is 3.30. The first-order valence-corrected chi connectivity index (χ1v) is 12.7. The molecular weight excluding hydrogens is 470 g/mol. The van der Waals surface area contributed by atoms with E-state index < -0.39 is 10.2 Å². The molecule has 5 rings (SSSR count). The van der Waals surface area contributed by atoms with Gasteiger partial charge in [0.15, 0.2) is 5.84 Å². The maximum atomic E-state index is 13.5. The number of nitrogens with zero attached hydrogens (tertiary/aromatic N) is 3. The number of nitrogens with one attached hydrogen (secondary N) is 1. The Bertz CT molecular complexity index is 1470. The van der Waals surface area contributed by atoms with E-state index in [1.54, 1.807) is 47.4 Å². The normalized spacial score (nSPS) is 18.9. The molecule has 4 N–H and O–H groups in total. The molecule has 11 heteroatoms. The summed E-state index contributed by atoms with van der Waals surface area (Å²) in [4.78, 5) is 19.7. The van der Waals surface area contributed by atoms with Gasteiger partial charge in [-0.1, -0.05) is 6.07 Å². The van der Waals surface area contributed by atoms with E-state index in [1.165, 1.54) is 0 Å². The minimum atomic E-state index is -3.87.